The van der Waals surface area contributed by atoms with Gasteiger partial charge in [-0.25, -0.2) is 4.98 Å². The lowest BCUT2D eigenvalue weighted by Gasteiger charge is -2.17. The van der Waals surface area contributed by atoms with Crippen molar-refractivity contribution in [2.45, 2.75) is 44.6 Å². The van der Waals surface area contributed by atoms with Gasteiger partial charge in [0, 0.05) is 32.3 Å². The van der Waals surface area contributed by atoms with Crippen LogP contribution >= 0.6 is 0 Å². The van der Waals surface area contributed by atoms with E-state index in [1.54, 1.807) is 12.5 Å². The second-order valence-electron chi connectivity index (χ2n) is 7.35. The number of rotatable bonds is 4. The van der Waals surface area contributed by atoms with Gasteiger partial charge in [-0.1, -0.05) is 12.8 Å². The normalized spacial score (nSPS) is 24.1. The molecule has 7 nitrogen and oxygen atoms in total. The van der Waals surface area contributed by atoms with Crippen molar-refractivity contribution in [3.8, 4) is 0 Å². The fourth-order valence-corrected chi connectivity index (χ4v) is 4.18. The maximum Gasteiger partial charge on any atom is 0.229 e. The highest BCUT2D eigenvalue weighted by molar-refractivity contribution is 5.94. The smallest absolute Gasteiger partial charge is 0.229 e. The van der Waals surface area contributed by atoms with E-state index in [4.69, 9.17) is 0 Å². The number of aromatic nitrogens is 4. The molecule has 1 saturated heterocycles. The standard InChI is InChI=1S/C18H26N6O/c1-12-16(9-21-24(12)13-5-3-4-6-13)22-18(25)15-8-19-7-14(15)17-10-23(2)11-20-17/h9-11,13-15,19H,3-8H2,1-2H3,(H,22,25)/t14-,15-/m1/s1. The van der Waals surface area contributed by atoms with Gasteiger partial charge in [0.1, 0.15) is 0 Å². The summed E-state index contributed by atoms with van der Waals surface area (Å²) in [5, 5.41) is 11.0. The molecule has 0 spiro atoms. The van der Waals surface area contributed by atoms with Crippen LogP contribution in [0.4, 0.5) is 5.69 Å². The van der Waals surface area contributed by atoms with Gasteiger partial charge >= 0.3 is 0 Å². The lowest BCUT2D eigenvalue weighted by Crippen LogP contribution is -2.28. The molecule has 1 saturated carbocycles. The van der Waals surface area contributed by atoms with Crippen LogP contribution in [0.1, 0.15) is 49.0 Å². The predicted octanol–water partition coefficient (Wildman–Crippen LogP) is 1.98. The molecule has 0 unspecified atom stereocenters. The van der Waals surface area contributed by atoms with Gasteiger partial charge in [0.25, 0.3) is 0 Å². The highest BCUT2D eigenvalue weighted by Crippen LogP contribution is 2.32. The van der Waals surface area contributed by atoms with Gasteiger partial charge in [-0.3, -0.25) is 9.48 Å². The number of nitrogens with zero attached hydrogens (tertiary/aromatic N) is 4. The Kier molecular flexibility index (Phi) is 4.33. The quantitative estimate of drug-likeness (QED) is 0.891. The second kappa shape index (κ2) is 6.63. The van der Waals surface area contributed by atoms with E-state index >= 15 is 0 Å². The van der Waals surface area contributed by atoms with E-state index in [-0.39, 0.29) is 17.7 Å². The zero-order valence-corrected chi connectivity index (χ0v) is 14.9. The largest absolute Gasteiger partial charge is 0.340 e. The van der Waals surface area contributed by atoms with Crippen LogP contribution in [0.3, 0.4) is 0 Å². The lowest BCUT2D eigenvalue weighted by molar-refractivity contribution is -0.119. The average molecular weight is 342 g/mol. The summed E-state index contributed by atoms with van der Waals surface area (Å²) in [4.78, 5) is 17.3. The van der Waals surface area contributed by atoms with Crippen LogP contribution in [0, 0.1) is 12.8 Å². The average Bonchev–Trinajstić information content (AvgIpc) is 3.34. The minimum atomic E-state index is -0.107. The molecule has 0 radical (unpaired) electrons. The summed E-state index contributed by atoms with van der Waals surface area (Å²) in [5.41, 5.74) is 2.87. The Morgan fingerprint density at radius 3 is 2.84 bits per heavy atom. The van der Waals surface area contributed by atoms with E-state index in [1.165, 1.54) is 25.7 Å². The lowest BCUT2D eigenvalue weighted by atomic mass is 9.92. The molecule has 2 fully saturated rings. The van der Waals surface area contributed by atoms with Gasteiger partial charge in [-0.05, 0) is 19.8 Å². The number of imidazole rings is 1. The number of aryl methyl sites for hydroxylation is 1. The summed E-state index contributed by atoms with van der Waals surface area (Å²) in [5.74, 6) is 0.0604. The summed E-state index contributed by atoms with van der Waals surface area (Å²) >= 11 is 0. The van der Waals surface area contributed by atoms with Gasteiger partial charge < -0.3 is 15.2 Å². The Morgan fingerprint density at radius 2 is 2.12 bits per heavy atom. The van der Waals surface area contributed by atoms with Gasteiger partial charge in [-0.2, -0.15) is 5.10 Å². The van der Waals surface area contributed by atoms with Crippen LogP contribution in [0.5, 0.6) is 0 Å². The molecule has 2 aliphatic rings. The first-order chi connectivity index (χ1) is 12.1. The van der Waals surface area contributed by atoms with Crippen molar-refractivity contribution in [3.63, 3.8) is 0 Å². The number of anilines is 1. The van der Waals surface area contributed by atoms with Crippen molar-refractivity contribution in [1.82, 2.24) is 24.6 Å². The summed E-state index contributed by atoms with van der Waals surface area (Å²) in [6.07, 6.45) is 10.5. The zero-order valence-electron chi connectivity index (χ0n) is 14.9. The third-order valence-corrected chi connectivity index (χ3v) is 5.63. The maximum atomic E-state index is 12.9. The summed E-state index contributed by atoms with van der Waals surface area (Å²) < 4.78 is 4.02. The van der Waals surface area contributed by atoms with Crippen molar-refractivity contribution in [2.24, 2.45) is 13.0 Å². The fraction of sp³-hybridized carbons (Fsp3) is 0.611. The Labute approximate surface area is 147 Å². The Morgan fingerprint density at radius 1 is 1.32 bits per heavy atom. The van der Waals surface area contributed by atoms with E-state index in [9.17, 15) is 4.79 Å². The van der Waals surface area contributed by atoms with Crippen molar-refractivity contribution < 1.29 is 4.79 Å². The van der Waals surface area contributed by atoms with Crippen molar-refractivity contribution in [2.75, 3.05) is 18.4 Å². The fourth-order valence-electron chi connectivity index (χ4n) is 4.18. The zero-order chi connectivity index (χ0) is 17.4. The van der Waals surface area contributed by atoms with Gasteiger partial charge in [0.15, 0.2) is 0 Å². The molecular formula is C18H26N6O. The maximum absolute atomic E-state index is 12.9. The van der Waals surface area contributed by atoms with Crippen LogP contribution in [0.25, 0.3) is 0 Å². The molecule has 25 heavy (non-hydrogen) atoms. The van der Waals surface area contributed by atoms with E-state index in [1.807, 2.05) is 24.7 Å². The molecule has 0 bridgehead atoms. The molecule has 2 aromatic rings. The SMILES string of the molecule is Cc1c(NC(=O)[C@@H]2CNC[C@H]2c2cn(C)cn2)cnn1C1CCCC1. The number of amides is 1. The topological polar surface area (TPSA) is 76.8 Å². The van der Waals surface area contributed by atoms with Crippen molar-refractivity contribution in [3.05, 3.63) is 30.1 Å². The number of hydrogen-bond acceptors (Lipinski definition) is 4. The molecular weight excluding hydrogens is 316 g/mol. The summed E-state index contributed by atoms with van der Waals surface area (Å²) in [6, 6.07) is 0.486. The molecule has 3 heterocycles. The Bertz CT molecular complexity index is 757. The molecule has 1 aliphatic heterocycles. The van der Waals surface area contributed by atoms with Gasteiger partial charge in [0.2, 0.25) is 5.91 Å². The second-order valence-corrected chi connectivity index (χ2v) is 7.35. The van der Waals surface area contributed by atoms with Gasteiger partial charge in [0.05, 0.1) is 41.6 Å². The third kappa shape index (κ3) is 3.08. The van der Waals surface area contributed by atoms with Crippen LogP contribution in [-0.4, -0.2) is 38.3 Å². The van der Waals surface area contributed by atoms with Gasteiger partial charge in [-0.15, -0.1) is 0 Å². The van der Waals surface area contributed by atoms with Crippen LogP contribution in [-0.2, 0) is 11.8 Å². The minimum Gasteiger partial charge on any atom is -0.340 e. The number of carbonyl (C=O) groups is 1. The first kappa shape index (κ1) is 16.3. The third-order valence-electron chi connectivity index (χ3n) is 5.63. The molecule has 1 aliphatic carbocycles. The van der Waals surface area contributed by atoms with Crippen molar-refractivity contribution >= 4 is 11.6 Å². The number of carbonyl (C=O) groups excluding carboxylic acids is 1. The highest BCUT2D eigenvalue weighted by atomic mass is 16.2. The van der Waals surface area contributed by atoms with E-state index in [2.05, 4.69) is 25.4 Å². The molecule has 2 aromatic heterocycles. The number of nitrogens with one attached hydrogen (secondary N) is 2. The summed E-state index contributed by atoms with van der Waals surface area (Å²) in [7, 11) is 1.95. The molecule has 2 N–H and O–H groups in total. The van der Waals surface area contributed by atoms with E-state index < -0.39 is 0 Å². The molecule has 0 aromatic carbocycles. The Balaban J connectivity index is 1.48. The summed E-state index contributed by atoms with van der Waals surface area (Å²) in [6.45, 7) is 3.52. The molecule has 7 heteroatoms. The molecule has 2 atom stereocenters. The highest BCUT2D eigenvalue weighted by Gasteiger charge is 2.35. The Hall–Kier alpha value is -2.15. The van der Waals surface area contributed by atoms with Crippen LogP contribution < -0.4 is 10.6 Å². The first-order valence-corrected chi connectivity index (χ1v) is 9.17. The van der Waals surface area contributed by atoms with Crippen molar-refractivity contribution in [1.29, 1.82) is 0 Å². The number of hydrogen-bond donors (Lipinski definition) is 2. The molecule has 134 valence electrons. The molecule has 1 amide bonds. The first-order valence-electron chi connectivity index (χ1n) is 9.17. The van der Waals surface area contributed by atoms with Crippen LogP contribution in [0.15, 0.2) is 18.7 Å². The predicted molar refractivity (Wildman–Crippen MR) is 95.4 cm³/mol. The van der Waals surface area contributed by atoms with E-state index in [0.717, 1.165) is 23.6 Å². The van der Waals surface area contributed by atoms with Crippen LogP contribution in [0.2, 0.25) is 0 Å². The molecule has 4 rings (SSSR count). The van der Waals surface area contributed by atoms with E-state index in [0.29, 0.717) is 12.6 Å². The minimum absolute atomic E-state index is 0.0507. The monoisotopic (exact) mass is 342 g/mol.